The number of carbonyl (C=O) groups excluding carboxylic acids is 2. The zero-order chi connectivity index (χ0) is 20.3. The second kappa shape index (κ2) is 8.13. The molecule has 0 aliphatic heterocycles. The molecule has 0 atom stereocenters. The van der Waals surface area contributed by atoms with Crippen molar-refractivity contribution < 1.29 is 14.3 Å². The lowest BCUT2D eigenvalue weighted by Gasteiger charge is -2.11. The molecule has 0 radical (unpaired) electrons. The van der Waals surface area contributed by atoms with Crippen molar-refractivity contribution in [3.8, 4) is 5.69 Å². The van der Waals surface area contributed by atoms with E-state index in [2.05, 4.69) is 5.32 Å². The van der Waals surface area contributed by atoms with E-state index in [0.29, 0.717) is 11.3 Å². The van der Waals surface area contributed by atoms with E-state index in [9.17, 15) is 9.59 Å². The molecule has 5 nitrogen and oxygen atoms in total. The van der Waals surface area contributed by atoms with E-state index >= 15 is 0 Å². The Hall–Kier alpha value is -3.34. The van der Waals surface area contributed by atoms with Crippen molar-refractivity contribution in [1.82, 2.24) is 4.57 Å². The van der Waals surface area contributed by atoms with E-state index < -0.39 is 5.97 Å². The smallest absolute Gasteiger partial charge is 0.340 e. The van der Waals surface area contributed by atoms with Crippen LogP contribution in [0.2, 0.25) is 0 Å². The molecule has 1 N–H and O–H groups in total. The van der Waals surface area contributed by atoms with Crippen LogP contribution in [-0.2, 0) is 9.53 Å². The highest BCUT2D eigenvalue weighted by Crippen LogP contribution is 2.22. The lowest BCUT2D eigenvalue weighted by molar-refractivity contribution is -0.119. The Bertz CT molecular complexity index is 1020. The van der Waals surface area contributed by atoms with Crippen LogP contribution in [0.1, 0.15) is 32.9 Å². The molecule has 0 fully saturated rings. The van der Waals surface area contributed by atoms with Gasteiger partial charge >= 0.3 is 5.97 Å². The van der Waals surface area contributed by atoms with Gasteiger partial charge in [-0.25, -0.2) is 4.79 Å². The number of hydrogen-bond donors (Lipinski definition) is 1. The predicted octanol–water partition coefficient (Wildman–Crippen LogP) is 4.51. The number of esters is 1. The van der Waals surface area contributed by atoms with Crippen molar-refractivity contribution in [3.05, 3.63) is 82.7 Å². The van der Waals surface area contributed by atoms with E-state index in [1.165, 1.54) is 5.56 Å². The van der Waals surface area contributed by atoms with Gasteiger partial charge in [0.25, 0.3) is 5.91 Å². The number of rotatable bonds is 5. The standard InChI is InChI=1S/C23H24N2O3/c1-15-9-11-19(12-10-15)25-17(3)13-20(18(25)4)23(27)28-14-22(26)24-21-8-6-5-7-16(21)2/h5-13H,14H2,1-4H3,(H,24,26). The van der Waals surface area contributed by atoms with Crippen molar-refractivity contribution in [2.24, 2.45) is 0 Å². The quantitative estimate of drug-likeness (QED) is 0.667. The fourth-order valence-corrected chi connectivity index (χ4v) is 3.17. The van der Waals surface area contributed by atoms with Gasteiger partial charge in [-0.05, 0) is 57.5 Å². The Balaban J connectivity index is 1.69. The number of hydrogen-bond acceptors (Lipinski definition) is 3. The van der Waals surface area contributed by atoms with Crippen molar-refractivity contribution in [3.63, 3.8) is 0 Å². The fraction of sp³-hybridized carbons (Fsp3) is 0.217. The first kappa shape index (κ1) is 19.4. The molecule has 5 heteroatoms. The maximum atomic E-state index is 12.5. The molecule has 0 aliphatic rings. The minimum Gasteiger partial charge on any atom is -0.452 e. The average molecular weight is 376 g/mol. The third-order valence-corrected chi connectivity index (χ3v) is 4.70. The fourth-order valence-electron chi connectivity index (χ4n) is 3.17. The summed E-state index contributed by atoms with van der Waals surface area (Å²) in [4.78, 5) is 24.6. The Kier molecular flexibility index (Phi) is 5.64. The van der Waals surface area contributed by atoms with Gasteiger partial charge in [0, 0.05) is 22.8 Å². The van der Waals surface area contributed by atoms with Crippen LogP contribution in [0, 0.1) is 27.7 Å². The molecule has 0 aliphatic carbocycles. The Morgan fingerprint density at radius 1 is 0.964 bits per heavy atom. The topological polar surface area (TPSA) is 60.3 Å². The molecule has 3 rings (SSSR count). The normalized spacial score (nSPS) is 10.6. The molecule has 1 heterocycles. The van der Waals surface area contributed by atoms with Gasteiger partial charge in [-0.1, -0.05) is 35.9 Å². The van der Waals surface area contributed by atoms with Crippen molar-refractivity contribution in [1.29, 1.82) is 0 Å². The molecule has 28 heavy (non-hydrogen) atoms. The van der Waals surface area contributed by atoms with Crippen LogP contribution >= 0.6 is 0 Å². The number of benzene rings is 2. The summed E-state index contributed by atoms with van der Waals surface area (Å²) in [5.41, 5.74) is 5.98. The summed E-state index contributed by atoms with van der Waals surface area (Å²) in [6.45, 7) is 7.41. The average Bonchev–Trinajstić information content (AvgIpc) is 2.97. The zero-order valence-electron chi connectivity index (χ0n) is 16.6. The highest BCUT2D eigenvalue weighted by molar-refractivity contribution is 5.96. The van der Waals surface area contributed by atoms with Gasteiger partial charge in [-0.2, -0.15) is 0 Å². The van der Waals surface area contributed by atoms with Crippen LogP contribution in [-0.4, -0.2) is 23.1 Å². The highest BCUT2D eigenvalue weighted by Gasteiger charge is 2.19. The van der Waals surface area contributed by atoms with Crippen LogP contribution in [0.15, 0.2) is 54.6 Å². The third kappa shape index (κ3) is 4.14. The van der Waals surface area contributed by atoms with Crippen LogP contribution in [0.25, 0.3) is 5.69 Å². The van der Waals surface area contributed by atoms with Gasteiger partial charge in [-0.3, -0.25) is 4.79 Å². The molecule has 0 unspecified atom stereocenters. The molecule has 1 aromatic heterocycles. The maximum absolute atomic E-state index is 12.5. The van der Waals surface area contributed by atoms with Gasteiger partial charge in [0.1, 0.15) is 0 Å². The van der Waals surface area contributed by atoms with E-state index in [1.54, 1.807) is 6.07 Å². The Morgan fingerprint density at radius 3 is 2.32 bits per heavy atom. The summed E-state index contributed by atoms with van der Waals surface area (Å²) in [5.74, 6) is -0.874. The van der Waals surface area contributed by atoms with Crippen molar-refractivity contribution in [2.45, 2.75) is 27.7 Å². The molecule has 0 spiro atoms. The van der Waals surface area contributed by atoms with Crippen LogP contribution in [0.4, 0.5) is 5.69 Å². The van der Waals surface area contributed by atoms with Gasteiger partial charge in [0.05, 0.1) is 5.56 Å². The van der Waals surface area contributed by atoms with Gasteiger partial charge in [-0.15, -0.1) is 0 Å². The third-order valence-electron chi connectivity index (χ3n) is 4.70. The monoisotopic (exact) mass is 376 g/mol. The SMILES string of the molecule is Cc1ccc(-n2c(C)cc(C(=O)OCC(=O)Nc3ccccc3C)c2C)cc1. The number of aryl methyl sites for hydroxylation is 3. The van der Waals surface area contributed by atoms with Crippen LogP contribution in [0.5, 0.6) is 0 Å². The number of ether oxygens (including phenoxy) is 1. The second-order valence-corrected chi connectivity index (χ2v) is 6.89. The maximum Gasteiger partial charge on any atom is 0.340 e. The lowest BCUT2D eigenvalue weighted by atomic mass is 10.2. The second-order valence-electron chi connectivity index (χ2n) is 6.89. The first-order valence-electron chi connectivity index (χ1n) is 9.15. The molecule has 0 saturated heterocycles. The molecular formula is C23H24N2O3. The molecule has 144 valence electrons. The van der Waals surface area contributed by atoms with Gasteiger partial charge in [0.15, 0.2) is 6.61 Å². The number of aromatic nitrogens is 1. The summed E-state index contributed by atoms with van der Waals surface area (Å²) in [7, 11) is 0. The van der Waals surface area contributed by atoms with E-state index in [-0.39, 0.29) is 12.5 Å². The Morgan fingerprint density at radius 2 is 1.64 bits per heavy atom. The molecule has 0 bridgehead atoms. The van der Waals surface area contributed by atoms with Gasteiger partial charge in [0.2, 0.25) is 0 Å². The number of para-hydroxylation sites is 1. The minimum atomic E-state index is -0.508. The number of amides is 1. The minimum absolute atomic E-state index is 0.332. The number of nitrogens with one attached hydrogen (secondary N) is 1. The van der Waals surface area contributed by atoms with E-state index in [4.69, 9.17) is 4.74 Å². The zero-order valence-corrected chi connectivity index (χ0v) is 16.6. The van der Waals surface area contributed by atoms with E-state index in [0.717, 1.165) is 22.6 Å². The summed E-state index contributed by atoms with van der Waals surface area (Å²) in [6, 6.07) is 17.3. The summed E-state index contributed by atoms with van der Waals surface area (Å²) in [5, 5.41) is 2.76. The van der Waals surface area contributed by atoms with Crippen LogP contribution in [0.3, 0.4) is 0 Å². The number of nitrogens with zero attached hydrogens (tertiary/aromatic N) is 1. The first-order valence-corrected chi connectivity index (χ1v) is 9.15. The summed E-state index contributed by atoms with van der Waals surface area (Å²) in [6.07, 6.45) is 0. The van der Waals surface area contributed by atoms with Crippen molar-refractivity contribution >= 4 is 17.6 Å². The van der Waals surface area contributed by atoms with Crippen molar-refractivity contribution in [2.75, 3.05) is 11.9 Å². The molecule has 3 aromatic rings. The summed E-state index contributed by atoms with van der Waals surface area (Å²) < 4.78 is 7.25. The molecular weight excluding hydrogens is 352 g/mol. The first-order chi connectivity index (χ1) is 13.4. The largest absolute Gasteiger partial charge is 0.452 e. The molecule has 1 amide bonds. The van der Waals surface area contributed by atoms with Gasteiger partial charge < -0.3 is 14.6 Å². The van der Waals surface area contributed by atoms with E-state index in [1.807, 2.05) is 80.8 Å². The lowest BCUT2D eigenvalue weighted by Crippen LogP contribution is -2.21. The summed E-state index contributed by atoms with van der Waals surface area (Å²) >= 11 is 0. The molecule has 2 aromatic carbocycles. The predicted molar refractivity (Wildman–Crippen MR) is 110 cm³/mol. The molecule has 0 saturated carbocycles. The number of carbonyl (C=O) groups is 2. The van der Waals surface area contributed by atoms with Crippen LogP contribution < -0.4 is 5.32 Å². The Labute approximate surface area is 165 Å². The number of anilines is 1. The highest BCUT2D eigenvalue weighted by atomic mass is 16.5.